The molecule has 2 amide bonds. The number of unbranched alkanes of at least 4 members (excludes halogenated alkanes) is 5. The molecule has 0 aliphatic carbocycles. The van der Waals surface area contributed by atoms with Gasteiger partial charge in [0.1, 0.15) is 11.3 Å². The highest BCUT2D eigenvalue weighted by molar-refractivity contribution is 7.22. The van der Waals surface area contributed by atoms with E-state index in [0.717, 1.165) is 54.6 Å². The van der Waals surface area contributed by atoms with Crippen LogP contribution in [0.4, 0.5) is 5.13 Å². The number of fused-ring (bicyclic) bond motifs is 1. The number of hydrogen-bond acceptors (Lipinski definition) is 5. The third-order valence-corrected chi connectivity index (χ3v) is 6.01. The van der Waals surface area contributed by atoms with Crippen molar-refractivity contribution in [2.24, 2.45) is 0 Å². The van der Waals surface area contributed by atoms with Gasteiger partial charge in [-0.15, -0.1) is 0 Å². The van der Waals surface area contributed by atoms with E-state index < -0.39 is 0 Å². The smallest absolute Gasteiger partial charge is 0.222 e. The number of hydrogen-bond donors (Lipinski definition) is 1. The van der Waals surface area contributed by atoms with Crippen molar-refractivity contribution in [2.75, 3.05) is 18.5 Å². The lowest BCUT2D eigenvalue weighted by Gasteiger charge is -2.27. The lowest BCUT2D eigenvalue weighted by molar-refractivity contribution is -0.133. The van der Waals surface area contributed by atoms with Gasteiger partial charge in [-0.3, -0.25) is 9.59 Å². The normalized spacial score (nSPS) is 11.1. The van der Waals surface area contributed by atoms with Crippen LogP contribution in [-0.4, -0.2) is 41.4 Å². The summed E-state index contributed by atoms with van der Waals surface area (Å²) in [5, 5.41) is 3.17. The van der Waals surface area contributed by atoms with Gasteiger partial charge in [-0.05, 0) is 51.7 Å². The zero-order valence-corrected chi connectivity index (χ0v) is 19.3. The minimum atomic E-state index is 0.247. The monoisotopic (exact) mass is 433 g/mol. The number of nitrogens with zero attached hydrogens (tertiary/aromatic N) is 2. The van der Waals surface area contributed by atoms with Crippen molar-refractivity contribution in [2.45, 2.75) is 78.2 Å². The molecule has 2 aromatic rings. The number of para-hydroxylation sites is 1. The zero-order chi connectivity index (χ0) is 21.8. The van der Waals surface area contributed by atoms with Gasteiger partial charge in [0.15, 0.2) is 5.13 Å². The Hall–Kier alpha value is -2.15. The zero-order valence-electron chi connectivity index (χ0n) is 18.5. The van der Waals surface area contributed by atoms with Crippen LogP contribution in [-0.2, 0) is 9.59 Å². The molecule has 0 saturated carbocycles. The molecule has 0 aliphatic heterocycles. The molecule has 166 valence electrons. The number of carbonyl (C=O) groups is 2. The maximum atomic E-state index is 12.5. The fourth-order valence-electron chi connectivity index (χ4n) is 3.41. The Bertz CT molecular complexity index is 791. The number of amides is 2. The molecule has 0 unspecified atom stereocenters. The molecular formula is C23H35N3O3S. The first-order valence-corrected chi connectivity index (χ1v) is 11.9. The van der Waals surface area contributed by atoms with Gasteiger partial charge in [0.2, 0.25) is 12.3 Å². The Morgan fingerprint density at radius 3 is 2.73 bits per heavy atom. The van der Waals surface area contributed by atoms with E-state index in [2.05, 4.69) is 31.1 Å². The van der Waals surface area contributed by atoms with E-state index >= 15 is 0 Å². The second-order valence-electron chi connectivity index (χ2n) is 7.78. The molecular weight excluding hydrogens is 398 g/mol. The molecule has 2 rings (SSSR count). The third-order valence-electron chi connectivity index (χ3n) is 5.05. The summed E-state index contributed by atoms with van der Waals surface area (Å²) in [4.78, 5) is 29.6. The summed E-state index contributed by atoms with van der Waals surface area (Å²) in [7, 11) is 0. The highest BCUT2D eigenvalue weighted by Crippen LogP contribution is 2.32. The van der Waals surface area contributed by atoms with Crippen molar-refractivity contribution in [3.8, 4) is 5.75 Å². The number of benzene rings is 1. The summed E-state index contributed by atoms with van der Waals surface area (Å²) in [5.41, 5.74) is 0.784. The number of ether oxygens (including phenoxy) is 1. The first kappa shape index (κ1) is 24.1. The summed E-state index contributed by atoms with van der Waals surface area (Å²) in [6.07, 6.45) is 8.76. The van der Waals surface area contributed by atoms with Crippen LogP contribution in [0, 0.1) is 0 Å². The van der Waals surface area contributed by atoms with Crippen LogP contribution >= 0.6 is 11.3 Å². The van der Waals surface area contributed by atoms with E-state index in [1.54, 1.807) is 0 Å². The minimum absolute atomic E-state index is 0.247. The van der Waals surface area contributed by atoms with Gasteiger partial charge in [0, 0.05) is 19.0 Å². The van der Waals surface area contributed by atoms with Crippen molar-refractivity contribution >= 4 is 39.0 Å². The topological polar surface area (TPSA) is 71.5 Å². The Labute approximate surface area is 184 Å². The molecule has 6 nitrogen and oxygen atoms in total. The van der Waals surface area contributed by atoms with Gasteiger partial charge < -0.3 is 15.0 Å². The van der Waals surface area contributed by atoms with Gasteiger partial charge in [-0.2, -0.15) is 0 Å². The van der Waals surface area contributed by atoms with Crippen molar-refractivity contribution in [1.29, 1.82) is 0 Å². The Kier molecular flexibility index (Phi) is 10.6. The molecule has 0 bridgehead atoms. The number of nitrogens with one attached hydrogen (secondary N) is 1. The molecule has 1 heterocycles. The van der Waals surface area contributed by atoms with Gasteiger partial charge in [-0.1, -0.05) is 43.6 Å². The summed E-state index contributed by atoms with van der Waals surface area (Å²) < 4.78 is 6.92. The molecule has 0 fully saturated rings. The first-order valence-electron chi connectivity index (χ1n) is 11.1. The minimum Gasteiger partial charge on any atom is -0.491 e. The summed E-state index contributed by atoms with van der Waals surface area (Å²) in [6.45, 7) is 7.79. The van der Waals surface area contributed by atoms with Crippen LogP contribution in [0.5, 0.6) is 5.75 Å². The van der Waals surface area contributed by atoms with E-state index in [4.69, 9.17) is 4.74 Å². The number of aromatic nitrogens is 1. The van der Waals surface area contributed by atoms with Crippen molar-refractivity contribution in [3.05, 3.63) is 18.2 Å². The van der Waals surface area contributed by atoms with Crippen LogP contribution in [0.25, 0.3) is 10.2 Å². The van der Waals surface area contributed by atoms with E-state index in [0.29, 0.717) is 24.6 Å². The first-order chi connectivity index (χ1) is 14.6. The maximum absolute atomic E-state index is 12.5. The summed E-state index contributed by atoms with van der Waals surface area (Å²) >= 11 is 1.43. The van der Waals surface area contributed by atoms with Crippen molar-refractivity contribution in [1.82, 2.24) is 9.88 Å². The lowest BCUT2D eigenvalue weighted by Crippen LogP contribution is -2.37. The average Bonchev–Trinajstić information content (AvgIpc) is 3.14. The van der Waals surface area contributed by atoms with E-state index in [9.17, 15) is 9.59 Å². The molecule has 0 atom stereocenters. The van der Waals surface area contributed by atoms with E-state index in [1.807, 2.05) is 23.1 Å². The summed E-state index contributed by atoms with van der Waals surface area (Å²) in [6, 6.07) is 6.06. The fraction of sp³-hybridized carbons (Fsp3) is 0.609. The number of carbonyl (C=O) groups excluding carboxylic acids is 2. The van der Waals surface area contributed by atoms with Gasteiger partial charge in [-0.25, -0.2) is 4.98 Å². The van der Waals surface area contributed by atoms with Crippen LogP contribution < -0.4 is 10.1 Å². The Morgan fingerprint density at radius 1 is 1.20 bits per heavy atom. The van der Waals surface area contributed by atoms with Crippen LogP contribution in [0.2, 0.25) is 0 Å². The molecule has 1 aromatic heterocycles. The second kappa shape index (κ2) is 13.2. The van der Waals surface area contributed by atoms with Gasteiger partial charge in [0.05, 0.1) is 11.3 Å². The highest BCUT2D eigenvalue weighted by atomic mass is 32.1. The molecule has 1 N–H and O–H groups in total. The predicted molar refractivity (Wildman–Crippen MR) is 124 cm³/mol. The molecule has 30 heavy (non-hydrogen) atoms. The third kappa shape index (κ3) is 7.59. The lowest BCUT2D eigenvalue weighted by atomic mass is 10.1. The Morgan fingerprint density at radius 2 is 2.00 bits per heavy atom. The molecule has 0 radical (unpaired) electrons. The molecule has 0 aliphatic rings. The van der Waals surface area contributed by atoms with Crippen LogP contribution in [0.1, 0.15) is 72.1 Å². The number of rotatable bonds is 15. The fourth-order valence-corrected chi connectivity index (χ4v) is 4.25. The highest BCUT2D eigenvalue weighted by Gasteiger charge is 2.16. The molecule has 0 saturated heterocycles. The standard InChI is InChI=1S/C23H35N3O3S/c1-4-5-6-8-14-21(28)26(18(2)3)15-9-7-10-16-29-19-12-11-13-20-22(19)25-23(30-20)24-17-27/h11-13,17-18H,4-10,14-16H2,1-3H3,(H,24,25,27). The quantitative estimate of drug-likeness (QED) is 0.292. The average molecular weight is 434 g/mol. The molecule has 0 spiro atoms. The number of thiazole rings is 1. The SMILES string of the molecule is CCCCCCC(=O)N(CCCCCOc1cccc2sc(NC=O)nc12)C(C)C. The largest absolute Gasteiger partial charge is 0.491 e. The van der Waals surface area contributed by atoms with Crippen LogP contribution in [0.15, 0.2) is 18.2 Å². The Balaban J connectivity index is 1.72. The molecule has 1 aromatic carbocycles. The van der Waals surface area contributed by atoms with Crippen LogP contribution in [0.3, 0.4) is 0 Å². The van der Waals surface area contributed by atoms with E-state index in [-0.39, 0.29) is 11.9 Å². The van der Waals surface area contributed by atoms with E-state index in [1.165, 1.54) is 24.2 Å². The predicted octanol–water partition coefficient (Wildman–Crippen LogP) is 5.62. The van der Waals surface area contributed by atoms with Gasteiger partial charge in [0.25, 0.3) is 0 Å². The molecule has 7 heteroatoms. The summed E-state index contributed by atoms with van der Waals surface area (Å²) in [5.74, 6) is 1.03. The number of anilines is 1. The van der Waals surface area contributed by atoms with Crippen molar-refractivity contribution in [3.63, 3.8) is 0 Å². The second-order valence-corrected chi connectivity index (χ2v) is 8.82. The van der Waals surface area contributed by atoms with Crippen molar-refractivity contribution < 1.29 is 14.3 Å². The maximum Gasteiger partial charge on any atom is 0.222 e. The van der Waals surface area contributed by atoms with Gasteiger partial charge >= 0.3 is 0 Å².